The molecule has 0 atom stereocenters. The Labute approximate surface area is 147 Å². The maximum absolute atomic E-state index is 13.1. The van der Waals surface area contributed by atoms with Crippen LogP contribution in [-0.2, 0) is 9.84 Å². The molecule has 130 valence electrons. The number of anilines is 1. The molecule has 0 radical (unpaired) electrons. The van der Waals surface area contributed by atoms with Gasteiger partial charge in [0.05, 0.1) is 15.8 Å². The predicted octanol–water partition coefficient (Wildman–Crippen LogP) is 2.15. The van der Waals surface area contributed by atoms with Crippen molar-refractivity contribution in [1.29, 1.82) is 0 Å². The molecule has 0 bridgehead atoms. The van der Waals surface area contributed by atoms with E-state index < -0.39 is 9.84 Å². The first-order valence-corrected chi connectivity index (χ1v) is 9.76. The van der Waals surface area contributed by atoms with Gasteiger partial charge < -0.3 is 9.80 Å². The fourth-order valence-electron chi connectivity index (χ4n) is 3.24. The summed E-state index contributed by atoms with van der Waals surface area (Å²) in [7, 11) is -1.55. The molecule has 25 heavy (non-hydrogen) atoms. The van der Waals surface area contributed by atoms with Gasteiger partial charge in [-0.25, -0.2) is 8.42 Å². The number of piperazine rings is 1. The van der Waals surface area contributed by atoms with Crippen molar-refractivity contribution in [3.05, 3.63) is 48.5 Å². The molecule has 1 aromatic heterocycles. The third-order valence-electron chi connectivity index (χ3n) is 4.69. The highest BCUT2D eigenvalue weighted by molar-refractivity contribution is 7.91. The van der Waals surface area contributed by atoms with Crippen LogP contribution in [0.4, 0.5) is 5.69 Å². The standard InChI is InChI=1S/C18H20N4O2S/c1-21-10-12-22(13-11-21)16-9-5-8-15-17(16)18(20-19-15)25(23,24)14-6-3-2-4-7-14/h2-9H,10-13H2,1H3,(H,19,20). The van der Waals surface area contributed by atoms with Crippen LogP contribution < -0.4 is 4.90 Å². The second-order valence-electron chi connectivity index (χ2n) is 6.33. The third-order valence-corrected chi connectivity index (χ3v) is 6.42. The largest absolute Gasteiger partial charge is 0.368 e. The SMILES string of the molecule is CN1CCN(c2cccc3n[nH]c(S(=O)(=O)c4ccccc4)c23)CC1. The van der Waals surface area contributed by atoms with Gasteiger partial charge in [-0.2, -0.15) is 5.10 Å². The number of fused-ring (bicyclic) bond motifs is 1. The predicted molar refractivity (Wildman–Crippen MR) is 97.7 cm³/mol. The summed E-state index contributed by atoms with van der Waals surface area (Å²) >= 11 is 0. The van der Waals surface area contributed by atoms with Crippen molar-refractivity contribution in [2.24, 2.45) is 0 Å². The molecule has 0 saturated carbocycles. The number of aromatic amines is 1. The Hall–Kier alpha value is -2.38. The van der Waals surface area contributed by atoms with Crippen LogP contribution in [0.2, 0.25) is 0 Å². The van der Waals surface area contributed by atoms with Crippen LogP contribution in [0.3, 0.4) is 0 Å². The Bertz CT molecular complexity index is 990. The normalized spacial score (nSPS) is 16.4. The highest BCUT2D eigenvalue weighted by Crippen LogP contribution is 2.34. The molecule has 0 unspecified atom stereocenters. The van der Waals surface area contributed by atoms with Crippen LogP contribution in [-0.4, -0.2) is 56.7 Å². The summed E-state index contributed by atoms with van der Waals surface area (Å²) in [4.78, 5) is 4.78. The van der Waals surface area contributed by atoms with Crippen LogP contribution >= 0.6 is 0 Å². The first-order valence-electron chi connectivity index (χ1n) is 8.28. The second-order valence-corrected chi connectivity index (χ2v) is 8.22. The summed E-state index contributed by atoms with van der Waals surface area (Å²) in [5.41, 5.74) is 1.60. The molecule has 2 heterocycles. The number of H-pyrrole nitrogens is 1. The van der Waals surface area contributed by atoms with Gasteiger partial charge in [0.25, 0.3) is 0 Å². The lowest BCUT2D eigenvalue weighted by atomic mass is 10.2. The number of aromatic nitrogens is 2. The minimum Gasteiger partial charge on any atom is -0.368 e. The molecular weight excluding hydrogens is 336 g/mol. The fourth-order valence-corrected chi connectivity index (χ4v) is 4.64. The molecule has 1 N–H and O–H groups in total. The molecule has 1 aliphatic rings. The van der Waals surface area contributed by atoms with Crippen LogP contribution in [0.25, 0.3) is 10.9 Å². The van der Waals surface area contributed by atoms with E-state index in [2.05, 4.69) is 27.0 Å². The number of rotatable bonds is 3. The second kappa shape index (κ2) is 6.16. The van der Waals surface area contributed by atoms with Crippen molar-refractivity contribution in [3.63, 3.8) is 0 Å². The number of sulfone groups is 1. The van der Waals surface area contributed by atoms with Crippen molar-refractivity contribution in [1.82, 2.24) is 15.1 Å². The maximum Gasteiger partial charge on any atom is 0.223 e. The highest BCUT2D eigenvalue weighted by Gasteiger charge is 2.26. The summed E-state index contributed by atoms with van der Waals surface area (Å²) in [6.45, 7) is 3.64. The topological polar surface area (TPSA) is 69.3 Å². The maximum atomic E-state index is 13.1. The molecule has 1 aliphatic heterocycles. The van der Waals surface area contributed by atoms with Gasteiger partial charge in [-0.05, 0) is 31.3 Å². The fraction of sp³-hybridized carbons (Fsp3) is 0.278. The van der Waals surface area contributed by atoms with Gasteiger partial charge in [-0.1, -0.05) is 24.3 Å². The minimum atomic E-state index is -3.65. The van der Waals surface area contributed by atoms with Crippen molar-refractivity contribution < 1.29 is 8.42 Å². The molecule has 7 heteroatoms. The molecular formula is C18H20N4O2S. The molecule has 6 nitrogen and oxygen atoms in total. The minimum absolute atomic E-state index is 0.170. The summed E-state index contributed by atoms with van der Waals surface area (Å²) < 4.78 is 26.2. The molecule has 0 amide bonds. The van der Waals surface area contributed by atoms with Gasteiger partial charge in [0.15, 0.2) is 5.03 Å². The molecule has 0 spiro atoms. The zero-order chi connectivity index (χ0) is 17.4. The van der Waals surface area contributed by atoms with Crippen LogP contribution in [0, 0.1) is 0 Å². The first kappa shape index (κ1) is 16.1. The van der Waals surface area contributed by atoms with Gasteiger partial charge in [-0.15, -0.1) is 0 Å². The summed E-state index contributed by atoms with van der Waals surface area (Å²) in [5.74, 6) is 0. The zero-order valence-corrected chi connectivity index (χ0v) is 14.8. The van der Waals surface area contributed by atoms with E-state index in [1.165, 1.54) is 0 Å². The molecule has 0 aliphatic carbocycles. The molecule has 3 aromatic rings. The number of benzene rings is 2. The zero-order valence-electron chi connectivity index (χ0n) is 14.0. The average molecular weight is 356 g/mol. The molecule has 1 saturated heterocycles. The Kier molecular flexibility index (Phi) is 3.97. The number of likely N-dealkylation sites (N-methyl/N-ethyl adjacent to an activating group) is 1. The monoisotopic (exact) mass is 356 g/mol. The highest BCUT2D eigenvalue weighted by atomic mass is 32.2. The number of hydrogen-bond acceptors (Lipinski definition) is 5. The Balaban J connectivity index is 1.86. The van der Waals surface area contributed by atoms with Crippen molar-refractivity contribution in [2.75, 3.05) is 38.1 Å². The molecule has 4 rings (SSSR count). The van der Waals surface area contributed by atoms with E-state index in [1.807, 2.05) is 18.2 Å². The van der Waals surface area contributed by atoms with E-state index in [1.54, 1.807) is 30.3 Å². The number of hydrogen-bond donors (Lipinski definition) is 1. The van der Waals surface area contributed by atoms with E-state index in [-0.39, 0.29) is 9.92 Å². The van der Waals surface area contributed by atoms with E-state index in [9.17, 15) is 8.42 Å². The van der Waals surface area contributed by atoms with E-state index >= 15 is 0 Å². The summed E-state index contributed by atoms with van der Waals surface area (Å²) in [6.07, 6.45) is 0. The lowest BCUT2D eigenvalue weighted by Gasteiger charge is -2.34. The summed E-state index contributed by atoms with van der Waals surface area (Å²) in [5, 5.41) is 7.85. The van der Waals surface area contributed by atoms with Gasteiger partial charge in [0.1, 0.15) is 0 Å². The quantitative estimate of drug-likeness (QED) is 0.779. The van der Waals surface area contributed by atoms with Gasteiger partial charge >= 0.3 is 0 Å². The van der Waals surface area contributed by atoms with Crippen molar-refractivity contribution in [2.45, 2.75) is 9.92 Å². The van der Waals surface area contributed by atoms with E-state index in [4.69, 9.17) is 0 Å². The lowest BCUT2D eigenvalue weighted by Crippen LogP contribution is -2.44. The van der Waals surface area contributed by atoms with Crippen LogP contribution in [0.1, 0.15) is 0 Å². The van der Waals surface area contributed by atoms with Crippen molar-refractivity contribution in [3.8, 4) is 0 Å². The summed E-state index contributed by atoms with van der Waals surface area (Å²) in [6, 6.07) is 14.2. The number of nitrogens with one attached hydrogen (secondary N) is 1. The average Bonchev–Trinajstić information content (AvgIpc) is 3.08. The van der Waals surface area contributed by atoms with E-state index in [0.717, 1.165) is 31.9 Å². The first-order chi connectivity index (χ1) is 12.1. The Morgan fingerprint density at radius 2 is 1.68 bits per heavy atom. The number of nitrogens with zero attached hydrogens (tertiary/aromatic N) is 3. The smallest absolute Gasteiger partial charge is 0.223 e. The lowest BCUT2D eigenvalue weighted by molar-refractivity contribution is 0.313. The third kappa shape index (κ3) is 2.79. The van der Waals surface area contributed by atoms with Gasteiger partial charge in [0, 0.05) is 31.9 Å². The molecule has 1 fully saturated rings. The molecule has 2 aromatic carbocycles. The van der Waals surface area contributed by atoms with Crippen LogP contribution in [0.5, 0.6) is 0 Å². The van der Waals surface area contributed by atoms with Gasteiger partial charge in [-0.3, -0.25) is 5.10 Å². The van der Waals surface area contributed by atoms with Crippen molar-refractivity contribution >= 4 is 26.4 Å². The Morgan fingerprint density at radius 3 is 2.40 bits per heavy atom. The van der Waals surface area contributed by atoms with E-state index in [0.29, 0.717) is 10.9 Å². The van der Waals surface area contributed by atoms with Gasteiger partial charge in [0.2, 0.25) is 9.84 Å². The van der Waals surface area contributed by atoms with Crippen LogP contribution in [0.15, 0.2) is 58.5 Å². The Morgan fingerprint density at radius 1 is 0.960 bits per heavy atom.